The molecule has 0 aliphatic heterocycles. The van der Waals surface area contributed by atoms with Crippen LogP contribution >= 0.6 is 0 Å². The van der Waals surface area contributed by atoms with Gasteiger partial charge in [0.25, 0.3) is 0 Å². The van der Waals surface area contributed by atoms with Crippen LogP contribution in [0.2, 0.25) is 0 Å². The van der Waals surface area contributed by atoms with E-state index in [1.807, 2.05) is 36.4 Å². The zero-order chi connectivity index (χ0) is 15.9. The average molecular weight is 297 g/mol. The van der Waals surface area contributed by atoms with Crippen molar-refractivity contribution in [3.05, 3.63) is 64.5 Å². The maximum Gasteiger partial charge on any atom is 0.304 e. The van der Waals surface area contributed by atoms with E-state index in [-0.39, 0.29) is 6.42 Å². The van der Waals surface area contributed by atoms with E-state index in [0.717, 1.165) is 16.9 Å². The molecule has 0 aliphatic rings. The Kier molecular flexibility index (Phi) is 5.01. The van der Waals surface area contributed by atoms with Crippen molar-refractivity contribution in [1.29, 1.82) is 0 Å². The van der Waals surface area contributed by atoms with E-state index in [1.165, 1.54) is 0 Å². The molecule has 1 unspecified atom stereocenters. The number of aliphatic carboxylic acids is 1. The van der Waals surface area contributed by atoms with Crippen molar-refractivity contribution in [3.63, 3.8) is 0 Å². The van der Waals surface area contributed by atoms with Crippen molar-refractivity contribution in [2.24, 2.45) is 5.11 Å². The molecular formula is C16H15N3O3. The number of carboxylic acids is 1. The van der Waals surface area contributed by atoms with Gasteiger partial charge in [0.15, 0.2) is 0 Å². The summed E-state index contributed by atoms with van der Waals surface area (Å²) in [6.45, 7) is 0. The molecule has 2 aromatic rings. The molecule has 0 amide bonds. The molecular weight excluding hydrogens is 282 g/mol. The van der Waals surface area contributed by atoms with Crippen molar-refractivity contribution in [2.45, 2.75) is 12.5 Å². The highest BCUT2D eigenvalue weighted by atomic mass is 16.5. The van der Waals surface area contributed by atoms with Crippen molar-refractivity contribution in [1.82, 2.24) is 0 Å². The maximum atomic E-state index is 10.8. The predicted molar refractivity (Wildman–Crippen MR) is 82.6 cm³/mol. The van der Waals surface area contributed by atoms with Crippen molar-refractivity contribution in [2.75, 3.05) is 7.11 Å². The summed E-state index contributed by atoms with van der Waals surface area (Å²) in [6, 6.07) is 14.2. The Morgan fingerprint density at radius 2 is 1.73 bits per heavy atom. The van der Waals surface area contributed by atoms with Gasteiger partial charge < -0.3 is 9.84 Å². The van der Waals surface area contributed by atoms with Crippen molar-refractivity contribution in [3.8, 4) is 16.9 Å². The van der Waals surface area contributed by atoms with Gasteiger partial charge in [0.2, 0.25) is 0 Å². The van der Waals surface area contributed by atoms with Crippen LogP contribution in [-0.4, -0.2) is 18.2 Å². The molecule has 0 spiro atoms. The molecule has 0 fully saturated rings. The lowest BCUT2D eigenvalue weighted by Crippen LogP contribution is -2.03. The molecule has 0 saturated carbocycles. The first kappa shape index (κ1) is 15.4. The highest BCUT2D eigenvalue weighted by Crippen LogP contribution is 2.26. The first-order valence-corrected chi connectivity index (χ1v) is 6.64. The van der Waals surface area contributed by atoms with Crippen LogP contribution in [0.4, 0.5) is 0 Å². The molecule has 2 rings (SSSR count). The minimum Gasteiger partial charge on any atom is -0.497 e. The molecule has 1 N–H and O–H groups in total. The summed E-state index contributed by atoms with van der Waals surface area (Å²) in [4.78, 5) is 13.5. The maximum absolute atomic E-state index is 10.8. The lowest BCUT2D eigenvalue weighted by molar-refractivity contribution is -0.137. The second-order valence-corrected chi connectivity index (χ2v) is 4.67. The van der Waals surface area contributed by atoms with Crippen molar-refractivity contribution < 1.29 is 14.6 Å². The highest BCUT2D eigenvalue weighted by molar-refractivity contribution is 5.68. The first-order valence-electron chi connectivity index (χ1n) is 6.64. The van der Waals surface area contributed by atoms with Crippen molar-refractivity contribution >= 4 is 5.97 Å². The highest BCUT2D eigenvalue weighted by Gasteiger charge is 2.13. The molecule has 6 nitrogen and oxygen atoms in total. The number of carboxylic acid groups (broad SMARTS) is 1. The first-order chi connectivity index (χ1) is 10.6. The lowest BCUT2D eigenvalue weighted by atomic mass is 9.99. The third-order valence-corrected chi connectivity index (χ3v) is 3.28. The number of nitrogens with zero attached hydrogens (tertiary/aromatic N) is 3. The SMILES string of the molecule is COc1ccc(-c2ccc(C(CC(=O)O)N=[N+]=[N-])cc2)cc1. The molecule has 0 saturated heterocycles. The number of azide groups is 1. The molecule has 22 heavy (non-hydrogen) atoms. The van der Waals surface area contributed by atoms with Gasteiger partial charge in [0.05, 0.1) is 19.6 Å². The Morgan fingerprint density at radius 3 is 2.18 bits per heavy atom. The van der Waals surface area contributed by atoms with Gasteiger partial charge in [-0.3, -0.25) is 4.79 Å². The fraction of sp³-hybridized carbons (Fsp3) is 0.188. The number of hydrogen-bond donors (Lipinski definition) is 1. The third-order valence-electron chi connectivity index (χ3n) is 3.28. The van der Waals surface area contributed by atoms with Gasteiger partial charge >= 0.3 is 5.97 Å². The minimum atomic E-state index is -1.00. The van der Waals surface area contributed by atoms with Gasteiger partial charge in [-0.15, -0.1) is 0 Å². The molecule has 0 aromatic heterocycles. The Labute approximate surface area is 127 Å². The Balaban J connectivity index is 2.24. The smallest absolute Gasteiger partial charge is 0.304 e. The molecule has 0 radical (unpaired) electrons. The van der Waals surface area contributed by atoms with Crippen LogP contribution in [0.1, 0.15) is 18.0 Å². The van der Waals surface area contributed by atoms with E-state index in [9.17, 15) is 4.79 Å². The topological polar surface area (TPSA) is 95.3 Å². The summed E-state index contributed by atoms with van der Waals surface area (Å²) >= 11 is 0. The van der Waals surface area contributed by atoms with Crippen LogP contribution in [0.3, 0.4) is 0 Å². The number of methoxy groups -OCH3 is 1. The van der Waals surface area contributed by atoms with E-state index in [0.29, 0.717) is 5.56 Å². The van der Waals surface area contributed by atoms with E-state index in [2.05, 4.69) is 10.0 Å². The fourth-order valence-corrected chi connectivity index (χ4v) is 2.13. The summed E-state index contributed by atoms with van der Waals surface area (Å²) in [5.74, 6) is -0.220. The number of rotatable bonds is 6. The third kappa shape index (κ3) is 3.77. The predicted octanol–water partition coefficient (Wildman–Crippen LogP) is 4.19. The van der Waals surface area contributed by atoms with Gasteiger partial charge in [0, 0.05) is 4.91 Å². The Morgan fingerprint density at radius 1 is 1.18 bits per heavy atom. The minimum absolute atomic E-state index is 0.230. The van der Waals surface area contributed by atoms with Crippen LogP contribution in [0.15, 0.2) is 53.6 Å². The monoisotopic (exact) mass is 297 g/mol. The molecule has 0 bridgehead atoms. The van der Waals surface area contributed by atoms with Crippen LogP contribution in [0, 0.1) is 0 Å². The second-order valence-electron chi connectivity index (χ2n) is 4.67. The standard InChI is InChI=1S/C16H15N3O3/c1-22-14-8-6-12(7-9-14)11-2-4-13(5-3-11)15(18-19-17)10-16(20)21/h2-9,15H,10H2,1H3,(H,20,21). The quantitative estimate of drug-likeness (QED) is 0.492. The molecule has 1 atom stereocenters. The van der Waals surface area contributed by atoms with Crippen LogP contribution < -0.4 is 4.74 Å². The fourth-order valence-electron chi connectivity index (χ4n) is 2.13. The van der Waals surface area contributed by atoms with Crippen LogP contribution in [-0.2, 0) is 4.79 Å². The van der Waals surface area contributed by atoms with E-state index in [4.69, 9.17) is 15.4 Å². The summed E-state index contributed by atoms with van der Waals surface area (Å²) < 4.78 is 5.12. The summed E-state index contributed by atoms with van der Waals surface area (Å²) in [6.07, 6.45) is -0.230. The lowest BCUT2D eigenvalue weighted by Gasteiger charge is -2.10. The molecule has 0 heterocycles. The number of carbonyl (C=O) groups is 1. The van der Waals surface area contributed by atoms with Gasteiger partial charge in [0.1, 0.15) is 5.75 Å². The van der Waals surface area contributed by atoms with Crippen LogP contribution in [0.25, 0.3) is 21.6 Å². The second kappa shape index (κ2) is 7.15. The van der Waals surface area contributed by atoms with Gasteiger partial charge in [-0.25, -0.2) is 0 Å². The van der Waals surface area contributed by atoms with Gasteiger partial charge in [-0.1, -0.05) is 41.5 Å². The van der Waals surface area contributed by atoms with Crippen LogP contribution in [0.5, 0.6) is 5.75 Å². The van der Waals surface area contributed by atoms with E-state index in [1.54, 1.807) is 19.2 Å². The molecule has 2 aromatic carbocycles. The average Bonchev–Trinajstić information content (AvgIpc) is 2.54. The largest absolute Gasteiger partial charge is 0.497 e. The molecule has 0 aliphatic carbocycles. The molecule has 6 heteroatoms. The Hall–Kier alpha value is -2.98. The Bertz CT molecular complexity index is 690. The van der Waals surface area contributed by atoms with Gasteiger partial charge in [-0.05, 0) is 34.4 Å². The number of hydrogen-bond acceptors (Lipinski definition) is 3. The zero-order valence-corrected chi connectivity index (χ0v) is 12.0. The normalized spacial score (nSPS) is 11.3. The number of benzene rings is 2. The summed E-state index contributed by atoms with van der Waals surface area (Å²) in [5, 5.41) is 12.4. The van der Waals surface area contributed by atoms with E-state index >= 15 is 0 Å². The van der Waals surface area contributed by atoms with Gasteiger partial charge in [-0.2, -0.15) is 0 Å². The summed E-state index contributed by atoms with van der Waals surface area (Å²) in [7, 11) is 1.61. The zero-order valence-electron chi connectivity index (χ0n) is 12.0. The number of ether oxygens (including phenoxy) is 1. The summed E-state index contributed by atoms with van der Waals surface area (Å²) in [5.41, 5.74) is 11.2. The van der Waals surface area contributed by atoms with E-state index < -0.39 is 12.0 Å². The molecule has 112 valence electrons.